The fourth-order valence-electron chi connectivity index (χ4n) is 2.56. The maximum Gasteiger partial charge on any atom is 0.416 e. The van der Waals surface area contributed by atoms with E-state index in [1.165, 1.54) is 17.0 Å². The Morgan fingerprint density at radius 1 is 0.963 bits per heavy atom. The maximum absolute atomic E-state index is 12.7. The first kappa shape index (κ1) is 23.0. The molecule has 1 amide bonds. The summed E-state index contributed by atoms with van der Waals surface area (Å²) in [6.07, 6.45) is -4.41. The Kier molecular flexibility index (Phi) is 9.28. The fourth-order valence-corrected chi connectivity index (χ4v) is 2.56. The van der Waals surface area contributed by atoms with Gasteiger partial charge in [-0.15, -0.1) is 0 Å². The van der Waals surface area contributed by atoms with Crippen molar-refractivity contribution in [2.75, 3.05) is 39.3 Å². The quantitative estimate of drug-likeness (QED) is 0.576. The molecule has 0 saturated carbocycles. The Labute approximate surface area is 158 Å². The van der Waals surface area contributed by atoms with Crippen LogP contribution in [0.3, 0.4) is 0 Å². The molecule has 0 unspecified atom stereocenters. The second-order valence-corrected chi connectivity index (χ2v) is 5.95. The third-order valence-electron chi connectivity index (χ3n) is 4.22. The van der Waals surface area contributed by atoms with Crippen molar-refractivity contribution < 1.29 is 27.5 Å². The third-order valence-corrected chi connectivity index (χ3v) is 4.22. The average molecular weight is 388 g/mol. The molecule has 27 heavy (non-hydrogen) atoms. The first-order valence-corrected chi connectivity index (χ1v) is 9.07. The Bertz CT molecular complexity index is 599. The molecule has 0 heterocycles. The Morgan fingerprint density at radius 2 is 1.56 bits per heavy atom. The molecular formula is C19H27F3N2O3. The normalized spacial score (nSPS) is 11.5. The predicted molar refractivity (Wildman–Crippen MR) is 96.4 cm³/mol. The summed E-state index contributed by atoms with van der Waals surface area (Å²) in [7, 11) is 0. The molecule has 0 aromatic heterocycles. The number of carbonyl (C=O) groups excluding carboxylic acids is 2. The molecule has 5 nitrogen and oxygen atoms in total. The number of nitrogens with zero attached hydrogens (tertiary/aromatic N) is 2. The van der Waals surface area contributed by atoms with Crippen LogP contribution in [-0.4, -0.2) is 61.0 Å². The van der Waals surface area contributed by atoms with E-state index >= 15 is 0 Å². The van der Waals surface area contributed by atoms with Crippen molar-refractivity contribution in [2.24, 2.45) is 0 Å². The van der Waals surface area contributed by atoms with Crippen LogP contribution in [0.25, 0.3) is 0 Å². The van der Waals surface area contributed by atoms with Crippen LogP contribution in [0.15, 0.2) is 24.3 Å². The van der Waals surface area contributed by atoms with Crippen LogP contribution >= 0.6 is 0 Å². The number of halogens is 3. The van der Waals surface area contributed by atoms with Gasteiger partial charge in [0.1, 0.15) is 0 Å². The SMILES string of the molecule is CCOC(=O)CCN(CCN(CC)CC)C(=O)c1ccc(C(F)(F)F)cc1. The van der Waals surface area contributed by atoms with Gasteiger partial charge >= 0.3 is 12.1 Å². The monoisotopic (exact) mass is 388 g/mol. The summed E-state index contributed by atoms with van der Waals surface area (Å²) in [4.78, 5) is 28.0. The molecule has 0 N–H and O–H groups in total. The molecule has 0 bridgehead atoms. The summed E-state index contributed by atoms with van der Waals surface area (Å²) in [6, 6.07) is 4.11. The molecule has 8 heteroatoms. The largest absolute Gasteiger partial charge is 0.466 e. The minimum absolute atomic E-state index is 0.0401. The number of likely N-dealkylation sites (N-methyl/N-ethyl adjacent to an activating group) is 1. The second-order valence-electron chi connectivity index (χ2n) is 5.95. The molecule has 0 fully saturated rings. The van der Waals surface area contributed by atoms with Gasteiger partial charge < -0.3 is 14.5 Å². The van der Waals surface area contributed by atoms with E-state index in [4.69, 9.17) is 4.74 Å². The highest BCUT2D eigenvalue weighted by atomic mass is 19.4. The van der Waals surface area contributed by atoms with E-state index in [2.05, 4.69) is 4.90 Å². The number of benzene rings is 1. The number of alkyl halides is 3. The van der Waals surface area contributed by atoms with Gasteiger partial charge in [-0.3, -0.25) is 9.59 Å². The fraction of sp³-hybridized carbons (Fsp3) is 0.579. The van der Waals surface area contributed by atoms with Gasteiger partial charge in [0.05, 0.1) is 18.6 Å². The van der Waals surface area contributed by atoms with E-state index in [-0.39, 0.29) is 25.1 Å². The molecule has 1 aromatic carbocycles. The first-order valence-electron chi connectivity index (χ1n) is 9.07. The van der Waals surface area contributed by atoms with Gasteiger partial charge in [0.2, 0.25) is 0 Å². The Hall–Kier alpha value is -2.09. The highest BCUT2D eigenvalue weighted by Crippen LogP contribution is 2.29. The van der Waals surface area contributed by atoms with Crippen LogP contribution in [0.1, 0.15) is 43.1 Å². The lowest BCUT2D eigenvalue weighted by Crippen LogP contribution is -2.40. The predicted octanol–water partition coefficient (Wildman–Crippen LogP) is 3.44. The maximum atomic E-state index is 12.7. The molecule has 0 aliphatic heterocycles. The van der Waals surface area contributed by atoms with E-state index < -0.39 is 23.6 Å². The lowest BCUT2D eigenvalue weighted by atomic mass is 10.1. The molecule has 0 aliphatic carbocycles. The number of esters is 1. The highest BCUT2D eigenvalue weighted by Gasteiger charge is 2.30. The molecule has 1 aromatic rings. The molecule has 0 saturated heterocycles. The van der Waals surface area contributed by atoms with Crippen LogP contribution in [-0.2, 0) is 15.7 Å². The minimum atomic E-state index is -4.45. The summed E-state index contributed by atoms with van der Waals surface area (Å²) < 4.78 is 43.0. The van der Waals surface area contributed by atoms with Crippen molar-refractivity contribution in [3.63, 3.8) is 0 Å². The van der Waals surface area contributed by atoms with Gasteiger partial charge in [0.15, 0.2) is 0 Å². The van der Waals surface area contributed by atoms with Gasteiger partial charge in [0, 0.05) is 25.2 Å². The number of ether oxygens (including phenoxy) is 1. The van der Waals surface area contributed by atoms with E-state index in [1.807, 2.05) is 13.8 Å². The van der Waals surface area contributed by atoms with Gasteiger partial charge in [-0.1, -0.05) is 13.8 Å². The van der Waals surface area contributed by atoms with E-state index in [9.17, 15) is 22.8 Å². The average Bonchev–Trinajstić information content (AvgIpc) is 2.64. The van der Waals surface area contributed by atoms with Crippen LogP contribution in [0.4, 0.5) is 13.2 Å². The zero-order valence-electron chi connectivity index (χ0n) is 16.0. The smallest absolute Gasteiger partial charge is 0.416 e. The highest BCUT2D eigenvalue weighted by molar-refractivity contribution is 5.94. The van der Waals surface area contributed by atoms with Crippen LogP contribution in [0.5, 0.6) is 0 Å². The summed E-state index contributed by atoms with van der Waals surface area (Å²) >= 11 is 0. The Balaban J connectivity index is 2.88. The van der Waals surface area contributed by atoms with Crippen molar-refractivity contribution in [1.29, 1.82) is 0 Å². The summed E-state index contributed by atoms with van der Waals surface area (Å²) in [5.74, 6) is -0.814. The summed E-state index contributed by atoms with van der Waals surface area (Å²) in [5.41, 5.74) is -0.647. The van der Waals surface area contributed by atoms with E-state index in [0.29, 0.717) is 13.1 Å². The second kappa shape index (κ2) is 10.9. The Morgan fingerprint density at radius 3 is 2.04 bits per heavy atom. The zero-order valence-corrected chi connectivity index (χ0v) is 16.0. The lowest BCUT2D eigenvalue weighted by molar-refractivity contribution is -0.143. The lowest BCUT2D eigenvalue weighted by Gasteiger charge is -2.26. The van der Waals surface area contributed by atoms with Crippen LogP contribution in [0, 0.1) is 0 Å². The van der Waals surface area contributed by atoms with Gasteiger partial charge in [-0.2, -0.15) is 13.2 Å². The van der Waals surface area contributed by atoms with E-state index in [0.717, 1.165) is 25.2 Å². The van der Waals surface area contributed by atoms with Crippen molar-refractivity contribution in [3.8, 4) is 0 Å². The van der Waals surface area contributed by atoms with Gasteiger partial charge in [-0.05, 0) is 44.3 Å². The topological polar surface area (TPSA) is 49.9 Å². The zero-order chi connectivity index (χ0) is 20.4. The summed E-state index contributed by atoms with van der Waals surface area (Å²) in [6.45, 7) is 8.74. The molecular weight excluding hydrogens is 361 g/mol. The molecule has 0 spiro atoms. The molecule has 152 valence electrons. The number of carbonyl (C=O) groups is 2. The standard InChI is InChI=1S/C19H27F3N2O3/c1-4-23(5-2)13-14-24(12-11-17(25)27-6-3)18(26)15-7-9-16(10-8-15)19(20,21)22/h7-10H,4-6,11-14H2,1-3H3. The van der Waals surface area contributed by atoms with Gasteiger partial charge in [0.25, 0.3) is 5.91 Å². The van der Waals surface area contributed by atoms with Crippen molar-refractivity contribution in [3.05, 3.63) is 35.4 Å². The number of amides is 1. The molecule has 0 radical (unpaired) electrons. The van der Waals surface area contributed by atoms with Crippen molar-refractivity contribution in [2.45, 2.75) is 33.4 Å². The molecule has 0 atom stereocenters. The number of hydrogen-bond donors (Lipinski definition) is 0. The summed E-state index contributed by atoms with van der Waals surface area (Å²) in [5, 5.41) is 0. The number of hydrogen-bond acceptors (Lipinski definition) is 4. The van der Waals surface area contributed by atoms with Gasteiger partial charge in [-0.25, -0.2) is 0 Å². The van der Waals surface area contributed by atoms with Crippen LogP contribution < -0.4 is 0 Å². The van der Waals surface area contributed by atoms with E-state index in [1.54, 1.807) is 6.92 Å². The first-order chi connectivity index (χ1) is 12.7. The van der Waals surface area contributed by atoms with Crippen molar-refractivity contribution >= 4 is 11.9 Å². The minimum Gasteiger partial charge on any atom is -0.466 e. The van der Waals surface area contributed by atoms with Crippen LogP contribution in [0.2, 0.25) is 0 Å². The number of rotatable bonds is 10. The third kappa shape index (κ3) is 7.58. The van der Waals surface area contributed by atoms with Crippen molar-refractivity contribution in [1.82, 2.24) is 9.80 Å². The molecule has 1 rings (SSSR count). The molecule has 0 aliphatic rings.